The Kier molecular flexibility index (Phi) is 7.71. The van der Waals surface area contributed by atoms with Crippen molar-refractivity contribution in [1.29, 1.82) is 0 Å². The molecule has 37 heavy (non-hydrogen) atoms. The van der Waals surface area contributed by atoms with E-state index in [-0.39, 0.29) is 11.5 Å². The van der Waals surface area contributed by atoms with Crippen molar-refractivity contribution in [2.75, 3.05) is 0 Å². The highest BCUT2D eigenvalue weighted by Gasteiger charge is 2.28. The molecule has 2 atom stereocenters. The number of carboxylic acids is 1. The predicted molar refractivity (Wildman–Crippen MR) is 137 cm³/mol. The number of halogens is 1. The lowest BCUT2D eigenvalue weighted by Crippen LogP contribution is -2.40. The Hall–Kier alpha value is -4.40. The third kappa shape index (κ3) is 5.88. The van der Waals surface area contributed by atoms with Crippen molar-refractivity contribution in [1.82, 2.24) is 19.9 Å². The molecule has 2 aromatic heterocycles. The summed E-state index contributed by atoms with van der Waals surface area (Å²) in [6, 6.07) is 12.8. The number of para-hydroxylation sites is 1. The third-order valence-electron chi connectivity index (χ3n) is 6.07. The molecule has 190 valence electrons. The molecule has 2 N–H and O–H groups in total. The van der Waals surface area contributed by atoms with Gasteiger partial charge in [0, 0.05) is 23.5 Å². The average Bonchev–Trinajstić information content (AvgIpc) is 2.87. The first-order valence-corrected chi connectivity index (χ1v) is 11.9. The van der Waals surface area contributed by atoms with Crippen molar-refractivity contribution < 1.29 is 19.1 Å². The molecule has 0 saturated carbocycles. The van der Waals surface area contributed by atoms with Gasteiger partial charge in [0.25, 0.3) is 5.56 Å². The molecule has 2 aromatic carbocycles. The fourth-order valence-electron chi connectivity index (χ4n) is 4.28. The summed E-state index contributed by atoms with van der Waals surface area (Å²) in [6.45, 7) is 3.85. The summed E-state index contributed by atoms with van der Waals surface area (Å²) in [4.78, 5) is 47.0. The number of nitrogens with one attached hydrogen (secondary N) is 1. The number of amides is 1. The van der Waals surface area contributed by atoms with E-state index in [1.807, 2.05) is 13.8 Å². The van der Waals surface area contributed by atoms with Crippen LogP contribution in [0.15, 0.2) is 78.1 Å². The molecular weight excluding hydrogens is 475 g/mol. The lowest BCUT2D eigenvalue weighted by atomic mass is 9.98. The van der Waals surface area contributed by atoms with E-state index in [0.29, 0.717) is 34.0 Å². The topological polar surface area (TPSA) is 114 Å². The van der Waals surface area contributed by atoms with Crippen LogP contribution >= 0.6 is 0 Å². The molecule has 4 aromatic rings. The highest BCUT2D eigenvalue weighted by atomic mass is 19.1. The van der Waals surface area contributed by atoms with Crippen LogP contribution in [0.25, 0.3) is 22.0 Å². The smallest absolute Gasteiger partial charge is 0.305 e. The van der Waals surface area contributed by atoms with Crippen molar-refractivity contribution in [3.8, 4) is 11.1 Å². The number of aromatic nitrogens is 3. The van der Waals surface area contributed by atoms with Crippen molar-refractivity contribution in [2.24, 2.45) is 5.92 Å². The van der Waals surface area contributed by atoms with E-state index in [0.717, 1.165) is 0 Å². The standard InChI is InChI=1S/C28H27FN4O4/c1-17(2)11-25(33-16-31-23-10-6-4-8-21(23)28(33)37)27(36)32-24(13-26(34)35)19-12-18(14-30-15-19)20-7-3-5-9-22(20)29/h3-10,12,14-17,24-25H,11,13H2,1-2H3,(H,32,36)(H,34,35)/t24-,25-/m0/s1. The van der Waals surface area contributed by atoms with E-state index < -0.39 is 36.2 Å². The molecule has 0 aliphatic rings. The van der Waals surface area contributed by atoms with E-state index in [1.54, 1.807) is 48.5 Å². The zero-order valence-corrected chi connectivity index (χ0v) is 20.5. The first-order chi connectivity index (χ1) is 17.7. The molecule has 9 heteroatoms. The number of benzene rings is 2. The van der Waals surface area contributed by atoms with Gasteiger partial charge in [-0.3, -0.25) is 23.9 Å². The summed E-state index contributed by atoms with van der Waals surface area (Å²) in [7, 11) is 0. The summed E-state index contributed by atoms with van der Waals surface area (Å²) in [6.07, 6.45) is 4.18. The Bertz CT molecular complexity index is 1500. The summed E-state index contributed by atoms with van der Waals surface area (Å²) in [5.74, 6) is -2.04. The minimum absolute atomic E-state index is 0.0538. The Balaban J connectivity index is 1.70. The van der Waals surface area contributed by atoms with E-state index in [1.165, 1.54) is 29.4 Å². The Morgan fingerprint density at radius 1 is 1.08 bits per heavy atom. The number of carboxylic acid groups (broad SMARTS) is 1. The minimum atomic E-state index is -1.13. The third-order valence-corrected chi connectivity index (χ3v) is 6.07. The van der Waals surface area contributed by atoms with Gasteiger partial charge in [-0.2, -0.15) is 0 Å². The molecule has 0 bridgehead atoms. The van der Waals surface area contributed by atoms with Crippen molar-refractivity contribution in [2.45, 2.75) is 38.8 Å². The first-order valence-electron chi connectivity index (χ1n) is 11.9. The SMILES string of the molecule is CC(C)C[C@@H](C(=O)N[C@@H](CC(=O)O)c1cncc(-c2ccccc2F)c1)n1cnc2ccccc2c1=O. The number of fused-ring (bicyclic) bond motifs is 1. The van der Waals surface area contributed by atoms with Gasteiger partial charge in [0.2, 0.25) is 5.91 Å². The van der Waals surface area contributed by atoms with Gasteiger partial charge in [-0.15, -0.1) is 0 Å². The van der Waals surface area contributed by atoms with Crippen molar-refractivity contribution in [3.63, 3.8) is 0 Å². The van der Waals surface area contributed by atoms with Gasteiger partial charge in [0.05, 0.1) is 29.7 Å². The van der Waals surface area contributed by atoms with Crippen LogP contribution in [0.4, 0.5) is 4.39 Å². The first kappa shape index (κ1) is 25.7. The lowest BCUT2D eigenvalue weighted by Gasteiger charge is -2.25. The average molecular weight is 503 g/mol. The lowest BCUT2D eigenvalue weighted by molar-refractivity contribution is -0.138. The summed E-state index contributed by atoms with van der Waals surface area (Å²) in [5, 5.41) is 12.7. The number of hydrogen-bond acceptors (Lipinski definition) is 5. The van der Waals surface area contributed by atoms with Crippen LogP contribution < -0.4 is 10.9 Å². The molecule has 0 spiro atoms. The maximum Gasteiger partial charge on any atom is 0.305 e. The van der Waals surface area contributed by atoms with E-state index in [4.69, 9.17) is 0 Å². The van der Waals surface area contributed by atoms with Gasteiger partial charge in [0.1, 0.15) is 11.9 Å². The molecule has 0 saturated heterocycles. The maximum absolute atomic E-state index is 14.4. The number of pyridine rings is 1. The molecule has 0 unspecified atom stereocenters. The number of carbonyl (C=O) groups is 2. The van der Waals surface area contributed by atoms with Gasteiger partial charge in [-0.1, -0.05) is 44.2 Å². The van der Waals surface area contributed by atoms with E-state index in [9.17, 15) is 23.9 Å². The van der Waals surface area contributed by atoms with Gasteiger partial charge in [-0.25, -0.2) is 9.37 Å². The fraction of sp³-hybridized carbons (Fsp3) is 0.250. The van der Waals surface area contributed by atoms with Gasteiger partial charge in [-0.05, 0) is 42.2 Å². The summed E-state index contributed by atoms with van der Waals surface area (Å²) in [5.41, 5.74) is 1.33. The van der Waals surface area contributed by atoms with Crippen molar-refractivity contribution >= 4 is 22.8 Å². The second kappa shape index (κ2) is 11.1. The van der Waals surface area contributed by atoms with Crippen LogP contribution in [-0.4, -0.2) is 31.5 Å². The van der Waals surface area contributed by atoms with Gasteiger partial charge >= 0.3 is 5.97 Å². The molecule has 0 fully saturated rings. The van der Waals surface area contributed by atoms with Crippen molar-refractivity contribution in [3.05, 3.63) is 95.1 Å². The summed E-state index contributed by atoms with van der Waals surface area (Å²) < 4.78 is 15.7. The van der Waals surface area contributed by atoms with Crippen LogP contribution in [-0.2, 0) is 9.59 Å². The molecule has 0 aliphatic carbocycles. The number of nitrogens with zero attached hydrogens (tertiary/aromatic N) is 3. The van der Waals surface area contributed by atoms with Gasteiger partial charge in [0.15, 0.2) is 0 Å². The molecule has 1 amide bonds. The number of carbonyl (C=O) groups excluding carboxylic acids is 1. The molecule has 8 nitrogen and oxygen atoms in total. The number of rotatable bonds is 9. The highest BCUT2D eigenvalue weighted by Crippen LogP contribution is 2.27. The zero-order chi connectivity index (χ0) is 26.5. The molecule has 0 aliphatic heterocycles. The van der Waals surface area contributed by atoms with E-state index in [2.05, 4.69) is 15.3 Å². The largest absolute Gasteiger partial charge is 0.481 e. The minimum Gasteiger partial charge on any atom is -0.481 e. The van der Waals surface area contributed by atoms with Crippen LogP contribution in [0.1, 0.15) is 44.3 Å². The maximum atomic E-state index is 14.4. The monoisotopic (exact) mass is 502 g/mol. The molecule has 4 rings (SSSR count). The molecule has 0 radical (unpaired) electrons. The van der Waals surface area contributed by atoms with E-state index >= 15 is 0 Å². The van der Waals surface area contributed by atoms with Gasteiger partial charge < -0.3 is 10.4 Å². The molecule has 2 heterocycles. The number of hydrogen-bond donors (Lipinski definition) is 2. The Morgan fingerprint density at radius 2 is 1.81 bits per heavy atom. The second-order valence-corrected chi connectivity index (χ2v) is 9.27. The van der Waals surface area contributed by atoms with Crippen LogP contribution in [0, 0.1) is 11.7 Å². The Labute approximate surface area is 212 Å². The zero-order valence-electron chi connectivity index (χ0n) is 20.5. The fourth-order valence-corrected chi connectivity index (χ4v) is 4.28. The van der Waals surface area contributed by atoms with Crippen LogP contribution in [0.5, 0.6) is 0 Å². The second-order valence-electron chi connectivity index (χ2n) is 9.27. The van der Waals surface area contributed by atoms with Crippen LogP contribution in [0.3, 0.4) is 0 Å². The molecular formula is C28H27FN4O4. The normalized spacial score (nSPS) is 12.9. The Morgan fingerprint density at radius 3 is 2.54 bits per heavy atom. The summed E-state index contributed by atoms with van der Waals surface area (Å²) >= 11 is 0. The number of aliphatic carboxylic acids is 1. The quantitative estimate of drug-likeness (QED) is 0.348. The van der Waals surface area contributed by atoms with Crippen LogP contribution in [0.2, 0.25) is 0 Å². The predicted octanol–water partition coefficient (Wildman–Crippen LogP) is 4.52. The highest BCUT2D eigenvalue weighted by molar-refractivity contribution is 5.83.